The van der Waals surface area contributed by atoms with Crippen LogP contribution in [0.3, 0.4) is 0 Å². The Bertz CT molecular complexity index is 1360. The first kappa shape index (κ1) is 31.9. The lowest BCUT2D eigenvalue weighted by Gasteiger charge is -2.44. The lowest BCUT2D eigenvalue weighted by Crippen LogP contribution is -2.59. The summed E-state index contributed by atoms with van der Waals surface area (Å²) in [6.07, 6.45) is -3.16. The second-order valence-corrected chi connectivity index (χ2v) is 12.3. The summed E-state index contributed by atoms with van der Waals surface area (Å²) in [6, 6.07) is 0.539. The summed E-state index contributed by atoms with van der Waals surface area (Å²) in [5.74, 6) is -4.42. The molecule has 2 aromatic rings. The number of methoxy groups -OCH3 is 1. The van der Waals surface area contributed by atoms with Gasteiger partial charge in [-0.1, -0.05) is 5.21 Å². The molecule has 2 N–H and O–H groups in total. The molecule has 3 saturated heterocycles. The Morgan fingerprint density at radius 3 is 2.41 bits per heavy atom. The van der Waals surface area contributed by atoms with E-state index in [0.717, 1.165) is 12.1 Å². The second-order valence-electron chi connectivity index (χ2n) is 12.3. The van der Waals surface area contributed by atoms with Crippen molar-refractivity contribution < 1.29 is 51.9 Å². The molecule has 0 radical (unpaired) electrons. The van der Waals surface area contributed by atoms with E-state index < -0.39 is 77.9 Å². The number of piperidine rings is 1. The van der Waals surface area contributed by atoms with Gasteiger partial charge in [0.1, 0.15) is 47.4 Å². The van der Waals surface area contributed by atoms with Gasteiger partial charge in [-0.15, -0.1) is 5.10 Å². The molecule has 44 heavy (non-hydrogen) atoms. The maximum atomic E-state index is 13.8. The highest BCUT2D eigenvalue weighted by molar-refractivity contribution is 5.71. The zero-order valence-corrected chi connectivity index (χ0v) is 24.8. The second kappa shape index (κ2) is 12.1. The number of aliphatic hydroxyl groups is 2. The molecule has 3 aliphatic heterocycles. The summed E-state index contributed by atoms with van der Waals surface area (Å²) in [4.78, 5) is 28.5. The van der Waals surface area contributed by atoms with Crippen molar-refractivity contribution in [2.24, 2.45) is 0 Å². The molecule has 16 heteroatoms. The van der Waals surface area contributed by atoms with Gasteiger partial charge in [0.2, 0.25) is 0 Å². The van der Waals surface area contributed by atoms with Gasteiger partial charge in [-0.05, 0) is 32.9 Å². The van der Waals surface area contributed by atoms with E-state index in [1.165, 1.54) is 22.9 Å². The van der Waals surface area contributed by atoms with Crippen molar-refractivity contribution >= 4 is 12.2 Å². The van der Waals surface area contributed by atoms with E-state index in [2.05, 4.69) is 10.3 Å². The maximum Gasteiger partial charge on any atom is 0.410 e. The molecule has 0 saturated carbocycles. The predicted octanol–water partition coefficient (Wildman–Crippen LogP) is 2.26. The average molecular weight is 628 g/mol. The SMILES string of the molecule is CO[C@@H]1[C@@H](n2cc(-c3cc(F)c(F)c(F)c3)nn2)[C@@H](O)[C@@H](CO)O[C@@H]1CN1CC2(CCN(C(=O)OC(C)(C)C)CC2)OC1=O. The highest BCUT2D eigenvalue weighted by Crippen LogP contribution is 2.37. The number of carbonyl (C=O) groups excluding carboxylic acids is 2. The van der Waals surface area contributed by atoms with Gasteiger partial charge in [-0.3, -0.25) is 0 Å². The molecule has 242 valence electrons. The normalized spacial score (nSPS) is 27.1. The summed E-state index contributed by atoms with van der Waals surface area (Å²) in [6.45, 7) is 5.66. The van der Waals surface area contributed by atoms with Crippen LogP contribution in [0.25, 0.3) is 11.3 Å². The number of likely N-dealkylation sites (tertiary alicyclic amines) is 1. The smallest absolute Gasteiger partial charge is 0.410 e. The number of rotatable bonds is 6. The first-order chi connectivity index (χ1) is 20.7. The molecule has 4 heterocycles. The van der Waals surface area contributed by atoms with E-state index in [4.69, 9.17) is 18.9 Å². The van der Waals surface area contributed by atoms with Crippen LogP contribution in [-0.4, -0.2) is 123 Å². The number of hydrogen-bond donors (Lipinski definition) is 2. The number of aromatic nitrogens is 3. The molecule has 0 bridgehead atoms. The number of carbonyl (C=O) groups is 2. The number of benzene rings is 1. The summed E-state index contributed by atoms with van der Waals surface area (Å²) in [5, 5.41) is 29.0. The average Bonchev–Trinajstić information content (AvgIpc) is 3.56. The van der Waals surface area contributed by atoms with Crippen LogP contribution in [0.1, 0.15) is 39.7 Å². The molecule has 1 spiro atoms. The van der Waals surface area contributed by atoms with Crippen molar-refractivity contribution in [1.82, 2.24) is 24.8 Å². The van der Waals surface area contributed by atoms with Crippen LogP contribution in [-0.2, 0) is 18.9 Å². The Morgan fingerprint density at radius 1 is 1.16 bits per heavy atom. The van der Waals surface area contributed by atoms with Crippen molar-refractivity contribution in [3.8, 4) is 11.3 Å². The summed E-state index contributed by atoms with van der Waals surface area (Å²) >= 11 is 0. The van der Waals surface area contributed by atoms with Gasteiger partial charge in [0.05, 0.1) is 25.9 Å². The van der Waals surface area contributed by atoms with Crippen LogP contribution >= 0.6 is 0 Å². The van der Waals surface area contributed by atoms with Crippen molar-refractivity contribution in [3.63, 3.8) is 0 Å². The van der Waals surface area contributed by atoms with E-state index in [1.54, 1.807) is 25.7 Å². The highest BCUT2D eigenvalue weighted by Gasteiger charge is 2.52. The summed E-state index contributed by atoms with van der Waals surface area (Å²) in [7, 11) is 1.37. The van der Waals surface area contributed by atoms with E-state index >= 15 is 0 Å². The number of amides is 2. The van der Waals surface area contributed by atoms with E-state index in [0.29, 0.717) is 25.9 Å². The first-order valence-electron chi connectivity index (χ1n) is 14.2. The Hall–Kier alpha value is -3.47. The fourth-order valence-electron chi connectivity index (χ4n) is 5.91. The third kappa shape index (κ3) is 6.34. The minimum absolute atomic E-state index is 0.00349. The number of nitrogens with zero attached hydrogens (tertiary/aromatic N) is 5. The number of hydrogen-bond acceptors (Lipinski definition) is 10. The molecule has 3 aliphatic rings. The van der Waals surface area contributed by atoms with Crippen LogP contribution in [0, 0.1) is 17.5 Å². The molecule has 1 aromatic heterocycles. The number of halogens is 3. The molecule has 0 aliphatic carbocycles. The fraction of sp³-hybridized carbons (Fsp3) is 0.643. The number of ether oxygens (including phenoxy) is 4. The van der Waals surface area contributed by atoms with Gasteiger partial charge >= 0.3 is 12.2 Å². The van der Waals surface area contributed by atoms with Crippen molar-refractivity contribution in [2.75, 3.05) is 39.9 Å². The Kier molecular flexibility index (Phi) is 8.81. The third-order valence-electron chi connectivity index (χ3n) is 8.10. The molecule has 0 unspecified atom stereocenters. The lowest BCUT2D eigenvalue weighted by atomic mass is 9.90. The lowest BCUT2D eigenvalue weighted by molar-refractivity contribution is -0.214. The summed E-state index contributed by atoms with van der Waals surface area (Å²) in [5.41, 5.74) is -1.54. The summed E-state index contributed by atoms with van der Waals surface area (Å²) < 4.78 is 65.3. The highest BCUT2D eigenvalue weighted by atomic mass is 19.2. The van der Waals surface area contributed by atoms with Gasteiger partial charge in [-0.2, -0.15) is 0 Å². The minimum atomic E-state index is -1.62. The molecule has 5 atom stereocenters. The maximum absolute atomic E-state index is 13.8. The van der Waals surface area contributed by atoms with Crippen molar-refractivity contribution in [2.45, 2.75) is 75.3 Å². The molecule has 2 amide bonds. The van der Waals surface area contributed by atoms with Crippen LogP contribution < -0.4 is 0 Å². The van der Waals surface area contributed by atoms with E-state index in [-0.39, 0.29) is 24.3 Å². The molecule has 3 fully saturated rings. The van der Waals surface area contributed by atoms with Gasteiger partial charge < -0.3 is 39.0 Å². The standard InChI is InChI=1S/C28H36F3N5O8/c1-27(2,3)43-25(39)34-7-5-28(6-8-34)14-35(26(40)44-28)12-19-24(41-4)22(23(38)20(13-37)42-19)36-11-18(32-33-36)15-9-16(29)21(31)17(30)10-15/h9-11,19-20,22-24,37-38H,5-8,12-14H2,1-4H3/t19-,20-,22+,23+,24+/m1/s1. The third-order valence-corrected chi connectivity index (χ3v) is 8.10. The Labute approximate surface area is 251 Å². The van der Waals surface area contributed by atoms with Crippen LogP contribution in [0.15, 0.2) is 18.3 Å². The topological polar surface area (TPSA) is 149 Å². The Morgan fingerprint density at radius 2 is 1.82 bits per heavy atom. The molecular formula is C28H36F3N5O8. The quantitative estimate of drug-likeness (QED) is 0.457. The van der Waals surface area contributed by atoms with E-state index in [1.807, 2.05) is 0 Å². The largest absolute Gasteiger partial charge is 0.444 e. The zero-order valence-electron chi connectivity index (χ0n) is 24.8. The predicted molar refractivity (Wildman–Crippen MR) is 145 cm³/mol. The minimum Gasteiger partial charge on any atom is -0.444 e. The number of aliphatic hydroxyl groups excluding tert-OH is 2. The van der Waals surface area contributed by atoms with Crippen molar-refractivity contribution in [1.29, 1.82) is 0 Å². The molecule has 5 rings (SSSR count). The molecule has 13 nitrogen and oxygen atoms in total. The fourth-order valence-corrected chi connectivity index (χ4v) is 5.91. The van der Waals surface area contributed by atoms with Gasteiger partial charge in [0.25, 0.3) is 0 Å². The zero-order chi connectivity index (χ0) is 32.0. The first-order valence-corrected chi connectivity index (χ1v) is 14.2. The molecule has 1 aromatic carbocycles. The van der Waals surface area contributed by atoms with Gasteiger partial charge in [0.15, 0.2) is 17.5 Å². The molecular weight excluding hydrogens is 591 g/mol. The van der Waals surface area contributed by atoms with E-state index in [9.17, 15) is 33.0 Å². The van der Waals surface area contributed by atoms with Crippen LogP contribution in [0.4, 0.5) is 22.8 Å². The van der Waals surface area contributed by atoms with Crippen molar-refractivity contribution in [3.05, 3.63) is 35.8 Å². The van der Waals surface area contributed by atoms with Gasteiger partial charge in [0, 0.05) is 38.6 Å². The Balaban J connectivity index is 1.31. The van der Waals surface area contributed by atoms with Crippen LogP contribution in [0.5, 0.6) is 0 Å². The van der Waals surface area contributed by atoms with Crippen LogP contribution in [0.2, 0.25) is 0 Å². The monoisotopic (exact) mass is 627 g/mol. The van der Waals surface area contributed by atoms with Gasteiger partial charge in [-0.25, -0.2) is 27.4 Å².